The highest BCUT2D eigenvalue weighted by molar-refractivity contribution is 7.94. The van der Waals surface area contributed by atoms with Crippen LogP contribution >= 0.6 is 34.5 Å². The van der Waals surface area contributed by atoms with Gasteiger partial charge in [0.2, 0.25) is 0 Å². The minimum atomic E-state index is -3.81. The molecule has 1 aromatic carbocycles. The van der Waals surface area contributed by atoms with Crippen molar-refractivity contribution >= 4 is 50.2 Å². The maximum absolute atomic E-state index is 13.3. The quantitative estimate of drug-likeness (QED) is 0.792. The van der Waals surface area contributed by atoms with Crippen molar-refractivity contribution in [3.8, 4) is 0 Å². The fourth-order valence-corrected chi connectivity index (χ4v) is 4.44. The van der Waals surface area contributed by atoms with Crippen LogP contribution in [0.2, 0.25) is 10.0 Å². The standard InChI is InChI=1S/C12H10Cl2FNO3S2/c13-9-5-7(6-10(14)12(9)15)16-21(18,19)11-2-1-8(20-11)3-4-17/h1-2,5-6,16-17H,3-4H2. The molecule has 9 heteroatoms. The zero-order valence-electron chi connectivity index (χ0n) is 10.4. The van der Waals surface area contributed by atoms with Crippen molar-refractivity contribution in [2.45, 2.75) is 10.6 Å². The minimum absolute atomic E-state index is 0.0589. The molecule has 114 valence electrons. The van der Waals surface area contributed by atoms with Crippen LogP contribution in [-0.2, 0) is 16.4 Å². The molecule has 0 atom stereocenters. The second-order valence-electron chi connectivity index (χ2n) is 4.05. The molecule has 0 radical (unpaired) electrons. The summed E-state index contributed by atoms with van der Waals surface area (Å²) in [6.07, 6.45) is 0.383. The van der Waals surface area contributed by atoms with Crippen molar-refractivity contribution < 1.29 is 17.9 Å². The third-order valence-corrected chi connectivity index (χ3v) is 6.06. The first kappa shape index (κ1) is 16.5. The normalized spacial score (nSPS) is 11.6. The highest BCUT2D eigenvalue weighted by Crippen LogP contribution is 2.30. The Hall–Kier alpha value is -0.860. The predicted octanol–water partition coefficient (Wildman–Crippen LogP) is 3.53. The maximum atomic E-state index is 13.3. The summed E-state index contributed by atoms with van der Waals surface area (Å²) in [5, 5.41) is 8.29. The fraction of sp³-hybridized carbons (Fsp3) is 0.167. The molecule has 0 amide bonds. The first-order valence-corrected chi connectivity index (χ1v) is 8.76. The molecule has 0 aliphatic heterocycles. The number of thiophene rings is 1. The van der Waals surface area contributed by atoms with Gasteiger partial charge in [0.15, 0.2) is 5.82 Å². The Kier molecular flexibility index (Phi) is 5.11. The summed E-state index contributed by atoms with van der Waals surface area (Å²) in [5.74, 6) is -0.803. The van der Waals surface area contributed by atoms with Gasteiger partial charge in [0.25, 0.3) is 10.0 Å². The molecule has 1 heterocycles. The Labute approximate surface area is 135 Å². The Morgan fingerprint density at radius 1 is 1.24 bits per heavy atom. The Morgan fingerprint density at radius 2 is 1.86 bits per heavy atom. The Bertz CT molecular complexity index is 739. The second-order valence-corrected chi connectivity index (χ2v) is 7.95. The number of aliphatic hydroxyl groups is 1. The average molecular weight is 370 g/mol. The van der Waals surface area contributed by atoms with Crippen molar-refractivity contribution in [1.82, 2.24) is 0 Å². The van der Waals surface area contributed by atoms with Gasteiger partial charge < -0.3 is 5.11 Å². The number of hydrogen-bond acceptors (Lipinski definition) is 4. The number of hydrogen-bond donors (Lipinski definition) is 2. The zero-order chi connectivity index (χ0) is 15.6. The summed E-state index contributed by atoms with van der Waals surface area (Å²) in [4.78, 5) is 0.744. The molecule has 2 aromatic rings. The lowest BCUT2D eigenvalue weighted by Crippen LogP contribution is -2.11. The van der Waals surface area contributed by atoms with Crippen molar-refractivity contribution in [1.29, 1.82) is 0 Å². The van der Waals surface area contributed by atoms with Gasteiger partial charge in [-0.1, -0.05) is 23.2 Å². The highest BCUT2D eigenvalue weighted by atomic mass is 35.5. The van der Waals surface area contributed by atoms with E-state index in [4.69, 9.17) is 28.3 Å². The first-order valence-electron chi connectivity index (χ1n) is 5.70. The molecule has 0 bridgehead atoms. The third-order valence-electron chi connectivity index (χ3n) is 2.50. The molecule has 2 N–H and O–H groups in total. The molecule has 0 aliphatic rings. The van der Waals surface area contributed by atoms with Crippen LogP contribution in [0.25, 0.3) is 0 Å². The number of aliphatic hydroxyl groups excluding tert-OH is 1. The van der Waals surface area contributed by atoms with E-state index < -0.39 is 15.8 Å². The van der Waals surface area contributed by atoms with Crippen molar-refractivity contribution in [3.05, 3.63) is 45.0 Å². The number of anilines is 1. The van der Waals surface area contributed by atoms with Crippen molar-refractivity contribution in [3.63, 3.8) is 0 Å². The zero-order valence-corrected chi connectivity index (χ0v) is 13.6. The number of sulfonamides is 1. The third kappa shape index (κ3) is 3.87. The van der Waals surface area contributed by atoms with Crippen LogP contribution in [0.5, 0.6) is 0 Å². The molecule has 0 fully saturated rings. The minimum Gasteiger partial charge on any atom is -0.396 e. The molecule has 4 nitrogen and oxygen atoms in total. The second kappa shape index (κ2) is 6.50. The first-order chi connectivity index (χ1) is 9.83. The van der Waals surface area contributed by atoms with Gasteiger partial charge in [0, 0.05) is 17.9 Å². The van der Waals surface area contributed by atoms with Gasteiger partial charge in [-0.3, -0.25) is 4.72 Å². The van der Waals surface area contributed by atoms with E-state index in [9.17, 15) is 12.8 Å². The van der Waals surface area contributed by atoms with Crippen LogP contribution in [0.1, 0.15) is 4.88 Å². The topological polar surface area (TPSA) is 66.4 Å². The monoisotopic (exact) mass is 369 g/mol. The summed E-state index contributed by atoms with van der Waals surface area (Å²) < 4.78 is 40.0. The van der Waals surface area contributed by atoms with Gasteiger partial charge in [0.05, 0.1) is 15.7 Å². The number of nitrogens with one attached hydrogen (secondary N) is 1. The summed E-state index contributed by atoms with van der Waals surface area (Å²) in [6, 6.07) is 5.34. The molecule has 0 saturated carbocycles. The Morgan fingerprint density at radius 3 is 2.43 bits per heavy atom. The number of halogens is 3. The van der Waals surface area contributed by atoms with Crippen LogP contribution in [0, 0.1) is 5.82 Å². The lowest BCUT2D eigenvalue weighted by molar-refractivity contribution is 0.300. The lowest BCUT2D eigenvalue weighted by atomic mass is 10.3. The molecule has 0 unspecified atom stereocenters. The van der Waals surface area contributed by atoms with E-state index in [0.29, 0.717) is 6.42 Å². The summed E-state index contributed by atoms with van der Waals surface area (Å²) in [6.45, 7) is -0.0589. The Balaban J connectivity index is 2.28. The SMILES string of the molecule is O=S(=O)(Nc1cc(Cl)c(F)c(Cl)c1)c1ccc(CCO)s1. The van der Waals surface area contributed by atoms with Crippen LogP contribution in [0.3, 0.4) is 0 Å². The number of benzene rings is 1. The molecule has 0 saturated heterocycles. The van der Waals surface area contributed by atoms with Crippen LogP contribution < -0.4 is 4.72 Å². The van der Waals surface area contributed by atoms with E-state index in [0.717, 1.165) is 28.3 Å². The van der Waals surface area contributed by atoms with E-state index >= 15 is 0 Å². The van der Waals surface area contributed by atoms with E-state index in [-0.39, 0.29) is 26.5 Å². The van der Waals surface area contributed by atoms with Crippen LogP contribution in [-0.4, -0.2) is 20.1 Å². The van der Waals surface area contributed by atoms with E-state index in [2.05, 4.69) is 4.72 Å². The maximum Gasteiger partial charge on any atom is 0.271 e. The van der Waals surface area contributed by atoms with Gasteiger partial charge in [-0.05, 0) is 24.3 Å². The van der Waals surface area contributed by atoms with E-state index in [1.165, 1.54) is 6.07 Å². The smallest absolute Gasteiger partial charge is 0.271 e. The molecule has 2 rings (SSSR count). The van der Waals surface area contributed by atoms with Crippen LogP contribution in [0.15, 0.2) is 28.5 Å². The van der Waals surface area contributed by atoms with Crippen molar-refractivity contribution in [2.24, 2.45) is 0 Å². The van der Waals surface area contributed by atoms with Crippen LogP contribution in [0.4, 0.5) is 10.1 Å². The van der Waals surface area contributed by atoms with Crippen molar-refractivity contribution in [2.75, 3.05) is 11.3 Å². The molecule has 21 heavy (non-hydrogen) atoms. The molecular weight excluding hydrogens is 360 g/mol. The van der Waals surface area contributed by atoms with Gasteiger partial charge in [-0.2, -0.15) is 0 Å². The fourth-order valence-electron chi connectivity index (χ4n) is 1.57. The van der Waals surface area contributed by atoms with Gasteiger partial charge in [-0.15, -0.1) is 11.3 Å². The highest BCUT2D eigenvalue weighted by Gasteiger charge is 2.18. The van der Waals surface area contributed by atoms with Gasteiger partial charge >= 0.3 is 0 Å². The predicted molar refractivity (Wildman–Crippen MR) is 82.3 cm³/mol. The largest absolute Gasteiger partial charge is 0.396 e. The lowest BCUT2D eigenvalue weighted by Gasteiger charge is -2.08. The van der Waals surface area contributed by atoms with E-state index in [1.54, 1.807) is 6.07 Å². The summed E-state index contributed by atoms with van der Waals surface area (Å²) in [5.41, 5.74) is 0.0727. The van der Waals surface area contributed by atoms with E-state index in [1.807, 2.05) is 0 Å². The van der Waals surface area contributed by atoms with Gasteiger partial charge in [0.1, 0.15) is 4.21 Å². The summed E-state index contributed by atoms with van der Waals surface area (Å²) >= 11 is 12.3. The summed E-state index contributed by atoms with van der Waals surface area (Å²) in [7, 11) is -3.81. The molecular formula is C12H10Cl2FNO3S2. The molecule has 0 spiro atoms. The number of rotatable bonds is 5. The molecule has 1 aromatic heterocycles. The average Bonchev–Trinajstić information content (AvgIpc) is 2.85. The molecule has 0 aliphatic carbocycles. The van der Waals surface area contributed by atoms with Gasteiger partial charge in [-0.25, -0.2) is 12.8 Å².